The molecular weight excluding hydrogens is 364 g/mol. The Hall–Kier alpha value is -2.07. The molecule has 0 amide bonds. The molecule has 0 fully saturated rings. The SMILES string of the molecule is CNc1nc(Br)cc(S(=O)(=O)c2ccc([N+](=O)[O-])cc2)n1. The maximum absolute atomic E-state index is 12.4. The van der Waals surface area contributed by atoms with E-state index in [0.29, 0.717) is 4.60 Å². The zero-order valence-corrected chi connectivity index (χ0v) is 13.1. The highest BCUT2D eigenvalue weighted by atomic mass is 79.9. The van der Waals surface area contributed by atoms with E-state index in [0.717, 1.165) is 12.1 Å². The maximum Gasteiger partial charge on any atom is 0.269 e. The van der Waals surface area contributed by atoms with Gasteiger partial charge in [0.25, 0.3) is 5.69 Å². The van der Waals surface area contributed by atoms with Gasteiger partial charge in [-0.1, -0.05) is 0 Å². The van der Waals surface area contributed by atoms with Crippen molar-refractivity contribution in [2.45, 2.75) is 9.92 Å². The third-order valence-corrected chi connectivity index (χ3v) is 4.59. The second-order valence-electron chi connectivity index (χ2n) is 3.86. The van der Waals surface area contributed by atoms with Gasteiger partial charge in [0.05, 0.1) is 9.82 Å². The van der Waals surface area contributed by atoms with Crippen molar-refractivity contribution < 1.29 is 13.3 Å². The molecule has 2 aromatic rings. The van der Waals surface area contributed by atoms with Crippen LogP contribution in [0.1, 0.15) is 0 Å². The number of nitrogens with one attached hydrogen (secondary N) is 1. The molecule has 0 aliphatic rings. The van der Waals surface area contributed by atoms with E-state index in [-0.39, 0.29) is 21.6 Å². The Kier molecular flexibility index (Phi) is 4.19. The number of hydrogen-bond acceptors (Lipinski definition) is 7. The summed E-state index contributed by atoms with van der Waals surface area (Å²) in [6, 6.07) is 5.85. The monoisotopic (exact) mass is 372 g/mol. The lowest BCUT2D eigenvalue weighted by Gasteiger charge is -2.06. The van der Waals surface area contributed by atoms with Crippen LogP contribution in [0.2, 0.25) is 0 Å². The predicted molar refractivity (Wildman–Crippen MR) is 77.8 cm³/mol. The van der Waals surface area contributed by atoms with Gasteiger partial charge in [-0.3, -0.25) is 10.1 Å². The molecule has 1 aromatic carbocycles. The standard InChI is InChI=1S/C11H9BrN4O4S/c1-13-11-14-9(12)6-10(15-11)21(19,20)8-4-2-7(3-5-8)16(17)18/h2-6H,1H3,(H,13,14,15). The summed E-state index contributed by atoms with van der Waals surface area (Å²) in [5.41, 5.74) is -0.186. The highest BCUT2D eigenvalue weighted by Crippen LogP contribution is 2.24. The third kappa shape index (κ3) is 3.16. The second-order valence-corrected chi connectivity index (χ2v) is 6.57. The number of sulfone groups is 1. The smallest absolute Gasteiger partial charge is 0.269 e. The molecule has 0 atom stereocenters. The molecule has 0 radical (unpaired) electrons. The lowest BCUT2D eigenvalue weighted by molar-refractivity contribution is -0.384. The molecule has 0 bridgehead atoms. The molecule has 0 spiro atoms. The number of aromatic nitrogens is 2. The van der Waals surface area contributed by atoms with Crippen molar-refractivity contribution in [2.75, 3.05) is 12.4 Å². The Morgan fingerprint density at radius 1 is 1.24 bits per heavy atom. The lowest BCUT2D eigenvalue weighted by Crippen LogP contribution is -2.08. The molecule has 0 aliphatic carbocycles. The number of nitro groups is 1. The van der Waals surface area contributed by atoms with Crippen LogP contribution in [-0.2, 0) is 9.84 Å². The number of benzene rings is 1. The van der Waals surface area contributed by atoms with Crippen LogP contribution in [0.5, 0.6) is 0 Å². The first-order valence-electron chi connectivity index (χ1n) is 5.56. The average Bonchev–Trinajstić information content (AvgIpc) is 2.46. The minimum Gasteiger partial charge on any atom is -0.357 e. The van der Waals surface area contributed by atoms with E-state index in [1.54, 1.807) is 7.05 Å². The topological polar surface area (TPSA) is 115 Å². The van der Waals surface area contributed by atoms with Gasteiger partial charge in [0.2, 0.25) is 15.8 Å². The van der Waals surface area contributed by atoms with Crippen LogP contribution in [0.25, 0.3) is 0 Å². The summed E-state index contributed by atoms with van der Waals surface area (Å²) in [4.78, 5) is 17.7. The zero-order valence-electron chi connectivity index (χ0n) is 10.6. The first-order valence-corrected chi connectivity index (χ1v) is 7.84. The Labute approximate surface area is 128 Å². The number of anilines is 1. The first kappa shape index (κ1) is 15.3. The van der Waals surface area contributed by atoms with Crippen LogP contribution in [-0.4, -0.2) is 30.4 Å². The van der Waals surface area contributed by atoms with Crippen LogP contribution < -0.4 is 5.32 Å². The van der Waals surface area contributed by atoms with E-state index in [9.17, 15) is 18.5 Å². The summed E-state index contributed by atoms with van der Waals surface area (Å²) in [7, 11) is -2.32. The molecule has 0 unspecified atom stereocenters. The van der Waals surface area contributed by atoms with E-state index in [4.69, 9.17) is 0 Å². The summed E-state index contributed by atoms with van der Waals surface area (Å²) in [6.07, 6.45) is 0. The third-order valence-electron chi connectivity index (χ3n) is 2.53. The van der Waals surface area contributed by atoms with Gasteiger partial charge in [-0.15, -0.1) is 0 Å². The van der Waals surface area contributed by atoms with Crippen LogP contribution in [0.3, 0.4) is 0 Å². The van der Waals surface area contributed by atoms with E-state index >= 15 is 0 Å². The predicted octanol–water partition coefficient (Wildman–Crippen LogP) is 2.02. The molecular formula is C11H9BrN4O4S. The van der Waals surface area contributed by atoms with E-state index < -0.39 is 14.8 Å². The average molecular weight is 373 g/mol. The van der Waals surface area contributed by atoms with Crippen molar-refractivity contribution in [3.05, 3.63) is 45.0 Å². The molecule has 0 saturated heterocycles. The van der Waals surface area contributed by atoms with Gasteiger partial charge in [0.1, 0.15) is 4.60 Å². The Morgan fingerprint density at radius 2 is 1.86 bits per heavy atom. The molecule has 110 valence electrons. The Morgan fingerprint density at radius 3 is 2.38 bits per heavy atom. The van der Waals surface area contributed by atoms with Gasteiger partial charge in [-0.05, 0) is 28.1 Å². The van der Waals surface area contributed by atoms with Gasteiger partial charge in [0, 0.05) is 25.2 Å². The quantitative estimate of drug-likeness (QED) is 0.495. The first-order chi connectivity index (χ1) is 9.84. The Bertz CT molecular complexity index is 792. The van der Waals surface area contributed by atoms with Crippen molar-refractivity contribution in [2.24, 2.45) is 0 Å². The number of halogens is 1. The van der Waals surface area contributed by atoms with Crippen molar-refractivity contribution >= 4 is 37.4 Å². The summed E-state index contributed by atoms with van der Waals surface area (Å²) < 4.78 is 25.2. The maximum atomic E-state index is 12.4. The molecule has 1 heterocycles. The molecule has 8 nitrogen and oxygen atoms in total. The molecule has 0 saturated carbocycles. The van der Waals surface area contributed by atoms with Gasteiger partial charge in [0.15, 0.2) is 5.03 Å². The van der Waals surface area contributed by atoms with E-state index in [2.05, 4.69) is 31.2 Å². The van der Waals surface area contributed by atoms with Crippen molar-refractivity contribution in [3.63, 3.8) is 0 Å². The highest BCUT2D eigenvalue weighted by molar-refractivity contribution is 9.10. The van der Waals surface area contributed by atoms with Gasteiger partial charge < -0.3 is 5.32 Å². The molecule has 0 aliphatic heterocycles. The number of rotatable bonds is 4. The van der Waals surface area contributed by atoms with Crippen molar-refractivity contribution in [3.8, 4) is 0 Å². The molecule has 2 rings (SSSR count). The van der Waals surface area contributed by atoms with E-state index in [1.807, 2.05) is 0 Å². The van der Waals surface area contributed by atoms with Crippen LogP contribution in [0.4, 0.5) is 11.6 Å². The fraction of sp³-hybridized carbons (Fsp3) is 0.0909. The van der Waals surface area contributed by atoms with Gasteiger partial charge in [-0.2, -0.15) is 0 Å². The van der Waals surface area contributed by atoms with Gasteiger partial charge >= 0.3 is 0 Å². The van der Waals surface area contributed by atoms with Crippen LogP contribution >= 0.6 is 15.9 Å². The van der Waals surface area contributed by atoms with Crippen LogP contribution in [0, 0.1) is 10.1 Å². The lowest BCUT2D eigenvalue weighted by atomic mass is 10.3. The van der Waals surface area contributed by atoms with Crippen molar-refractivity contribution in [1.29, 1.82) is 0 Å². The fourth-order valence-electron chi connectivity index (χ4n) is 1.51. The molecule has 1 aromatic heterocycles. The minimum absolute atomic E-state index is 0.0826. The molecule has 10 heteroatoms. The number of non-ortho nitro benzene ring substituents is 1. The molecule has 21 heavy (non-hydrogen) atoms. The highest BCUT2D eigenvalue weighted by Gasteiger charge is 2.22. The van der Waals surface area contributed by atoms with Crippen LogP contribution in [0.15, 0.2) is 44.9 Å². The number of hydrogen-bond donors (Lipinski definition) is 1. The summed E-state index contributed by atoms with van der Waals surface area (Å²) in [5.74, 6) is 0.143. The second kappa shape index (κ2) is 5.74. The number of nitro benzene ring substituents is 1. The number of nitrogens with zero attached hydrogens (tertiary/aromatic N) is 3. The molecule has 1 N–H and O–H groups in total. The normalized spacial score (nSPS) is 11.1. The largest absolute Gasteiger partial charge is 0.357 e. The zero-order chi connectivity index (χ0) is 15.6. The summed E-state index contributed by atoms with van der Waals surface area (Å²) >= 11 is 3.10. The van der Waals surface area contributed by atoms with E-state index in [1.165, 1.54) is 18.2 Å². The Balaban J connectivity index is 2.51. The van der Waals surface area contributed by atoms with Crippen molar-refractivity contribution in [1.82, 2.24) is 9.97 Å². The minimum atomic E-state index is -3.88. The summed E-state index contributed by atoms with van der Waals surface area (Å²) in [6.45, 7) is 0. The summed E-state index contributed by atoms with van der Waals surface area (Å²) in [5, 5.41) is 13.0. The fourth-order valence-corrected chi connectivity index (χ4v) is 3.26. The van der Waals surface area contributed by atoms with Gasteiger partial charge in [-0.25, -0.2) is 18.4 Å².